The van der Waals surface area contributed by atoms with Crippen LogP contribution in [-0.2, 0) is 21.2 Å². The van der Waals surface area contributed by atoms with Crippen molar-refractivity contribution in [3.05, 3.63) is 17.0 Å². The molecule has 1 rings (SSSR count). The van der Waals surface area contributed by atoms with E-state index < -0.39 is 10.0 Å². The minimum Gasteiger partial charge on any atom is -0.356 e. The third-order valence-corrected chi connectivity index (χ3v) is 5.42. The van der Waals surface area contributed by atoms with E-state index in [1.54, 1.807) is 12.1 Å². The Hall–Kier alpha value is -0.960. The van der Waals surface area contributed by atoms with Crippen LogP contribution in [0.4, 0.5) is 0 Å². The van der Waals surface area contributed by atoms with Gasteiger partial charge in [0.1, 0.15) is 4.21 Å². The lowest BCUT2D eigenvalue weighted by Crippen LogP contribution is -2.25. The third kappa shape index (κ3) is 5.68. The maximum absolute atomic E-state index is 11.9. The van der Waals surface area contributed by atoms with Crippen molar-refractivity contribution in [3.63, 3.8) is 0 Å². The van der Waals surface area contributed by atoms with Crippen LogP contribution in [0.5, 0.6) is 0 Å². The first-order chi connectivity index (χ1) is 8.95. The number of rotatable bonds is 8. The van der Waals surface area contributed by atoms with Gasteiger partial charge in [-0.05, 0) is 31.5 Å². The second kappa shape index (κ2) is 7.59. The maximum Gasteiger partial charge on any atom is 0.250 e. The van der Waals surface area contributed by atoms with Gasteiger partial charge in [-0.2, -0.15) is 0 Å². The number of amides is 1. The van der Waals surface area contributed by atoms with Crippen molar-refractivity contribution in [1.29, 1.82) is 0 Å². The molecule has 0 bridgehead atoms. The van der Waals surface area contributed by atoms with E-state index in [0.717, 1.165) is 4.88 Å². The average Bonchev–Trinajstić information content (AvgIpc) is 2.78. The van der Waals surface area contributed by atoms with Crippen molar-refractivity contribution in [2.75, 3.05) is 19.6 Å². The summed E-state index contributed by atoms with van der Waals surface area (Å²) in [5.41, 5.74) is 5.31. The van der Waals surface area contributed by atoms with Crippen LogP contribution in [0, 0.1) is 0 Å². The van der Waals surface area contributed by atoms with E-state index in [0.29, 0.717) is 36.7 Å². The van der Waals surface area contributed by atoms with E-state index in [1.807, 2.05) is 0 Å². The zero-order valence-corrected chi connectivity index (χ0v) is 12.4. The van der Waals surface area contributed by atoms with E-state index in [4.69, 9.17) is 5.73 Å². The molecule has 1 aromatic rings. The summed E-state index contributed by atoms with van der Waals surface area (Å²) in [6, 6.07) is 3.35. The van der Waals surface area contributed by atoms with E-state index in [9.17, 15) is 13.2 Å². The largest absolute Gasteiger partial charge is 0.356 e. The van der Waals surface area contributed by atoms with Gasteiger partial charge in [-0.15, -0.1) is 11.3 Å². The minimum atomic E-state index is -3.43. The Labute approximate surface area is 117 Å². The number of hydrogen-bond acceptors (Lipinski definition) is 5. The Morgan fingerprint density at radius 3 is 2.74 bits per heavy atom. The predicted molar refractivity (Wildman–Crippen MR) is 75.6 cm³/mol. The van der Waals surface area contributed by atoms with Crippen LogP contribution in [0.1, 0.15) is 18.2 Å². The number of carbonyl (C=O) groups excluding carboxylic acids is 1. The van der Waals surface area contributed by atoms with Crippen LogP contribution in [0.2, 0.25) is 0 Å². The summed E-state index contributed by atoms with van der Waals surface area (Å²) in [6.07, 6.45) is 1.24. The quantitative estimate of drug-likeness (QED) is 0.591. The van der Waals surface area contributed by atoms with Gasteiger partial charge < -0.3 is 11.1 Å². The molecule has 0 aromatic carbocycles. The molecular weight excluding hydrogens is 286 g/mol. The van der Waals surface area contributed by atoms with Crippen LogP contribution in [0.3, 0.4) is 0 Å². The Morgan fingerprint density at radius 1 is 1.37 bits per heavy atom. The standard InChI is InChI=1S/C11H19N3O3S2/c1-9(15)13-8-5-10-3-4-11(18-10)19(16,17)14-7-2-6-12/h3-4,14H,2,5-8,12H2,1H3,(H,13,15). The number of nitrogens with one attached hydrogen (secondary N) is 2. The minimum absolute atomic E-state index is 0.0900. The molecule has 0 spiro atoms. The van der Waals surface area contributed by atoms with Crippen molar-refractivity contribution in [2.45, 2.75) is 24.0 Å². The molecule has 19 heavy (non-hydrogen) atoms. The Balaban J connectivity index is 2.55. The van der Waals surface area contributed by atoms with Gasteiger partial charge >= 0.3 is 0 Å². The summed E-state index contributed by atoms with van der Waals surface area (Å²) in [4.78, 5) is 11.6. The van der Waals surface area contributed by atoms with E-state index >= 15 is 0 Å². The molecule has 0 aliphatic heterocycles. The molecular formula is C11H19N3O3S2. The van der Waals surface area contributed by atoms with Gasteiger partial charge in [0.15, 0.2) is 0 Å². The Kier molecular flexibility index (Phi) is 6.43. The monoisotopic (exact) mass is 305 g/mol. The second-order valence-electron chi connectivity index (χ2n) is 3.99. The summed E-state index contributed by atoms with van der Waals surface area (Å²) < 4.78 is 26.6. The number of thiophene rings is 1. The van der Waals surface area contributed by atoms with Crippen LogP contribution in [-0.4, -0.2) is 34.0 Å². The maximum atomic E-state index is 11.9. The zero-order chi connectivity index (χ0) is 14.3. The molecule has 0 aliphatic rings. The first kappa shape index (κ1) is 16.1. The fourth-order valence-electron chi connectivity index (χ4n) is 1.38. The molecule has 1 heterocycles. The van der Waals surface area contributed by atoms with Crippen LogP contribution in [0.25, 0.3) is 0 Å². The fourth-order valence-corrected chi connectivity index (χ4v) is 3.85. The first-order valence-corrected chi connectivity index (χ1v) is 8.28. The summed E-state index contributed by atoms with van der Waals surface area (Å²) in [7, 11) is -3.43. The molecule has 0 saturated carbocycles. The third-order valence-electron chi connectivity index (χ3n) is 2.32. The molecule has 0 fully saturated rings. The SMILES string of the molecule is CC(=O)NCCc1ccc(S(=O)(=O)NCCCN)s1. The topological polar surface area (TPSA) is 101 Å². The molecule has 108 valence electrons. The van der Waals surface area contributed by atoms with Crippen LogP contribution < -0.4 is 15.8 Å². The summed E-state index contributed by atoms with van der Waals surface area (Å²) in [5.74, 6) is -0.0900. The van der Waals surface area contributed by atoms with Gasteiger partial charge in [-0.25, -0.2) is 13.1 Å². The van der Waals surface area contributed by atoms with Gasteiger partial charge in [0.05, 0.1) is 0 Å². The van der Waals surface area contributed by atoms with Crippen molar-refractivity contribution >= 4 is 27.3 Å². The van der Waals surface area contributed by atoms with Crippen molar-refractivity contribution in [1.82, 2.24) is 10.0 Å². The molecule has 0 aliphatic carbocycles. The number of hydrogen-bond donors (Lipinski definition) is 3. The molecule has 0 radical (unpaired) electrons. The highest BCUT2D eigenvalue weighted by Gasteiger charge is 2.15. The van der Waals surface area contributed by atoms with Gasteiger partial charge in [0.25, 0.3) is 0 Å². The summed E-state index contributed by atoms with van der Waals surface area (Å²) in [5, 5.41) is 2.67. The number of sulfonamides is 1. The highest BCUT2D eigenvalue weighted by molar-refractivity contribution is 7.91. The van der Waals surface area contributed by atoms with E-state index in [1.165, 1.54) is 18.3 Å². The zero-order valence-electron chi connectivity index (χ0n) is 10.8. The fraction of sp³-hybridized carbons (Fsp3) is 0.545. The summed E-state index contributed by atoms with van der Waals surface area (Å²) >= 11 is 1.22. The molecule has 1 amide bonds. The summed E-state index contributed by atoms with van der Waals surface area (Å²) in [6.45, 7) is 2.76. The lowest BCUT2D eigenvalue weighted by Gasteiger charge is -2.03. The lowest BCUT2D eigenvalue weighted by atomic mass is 10.3. The Morgan fingerprint density at radius 2 is 2.11 bits per heavy atom. The molecule has 1 aromatic heterocycles. The number of nitrogens with two attached hydrogens (primary N) is 1. The highest BCUT2D eigenvalue weighted by Crippen LogP contribution is 2.21. The van der Waals surface area contributed by atoms with Crippen molar-refractivity contribution < 1.29 is 13.2 Å². The molecule has 8 heteroatoms. The van der Waals surface area contributed by atoms with Crippen molar-refractivity contribution in [2.24, 2.45) is 5.73 Å². The highest BCUT2D eigenvalue weighted by atomic mass is 32.2. The predicted octanol–water partition coefficient (Wildman–Crippen LogP) is 0.0538. The second-order valence-corrected chi connectivity index (χ2v) is 7.16. The van der Waals surface area contributed by atoms with E-state index in [2.05, 4.69) is 10.0 Å². The molecule has 6 nitrogen and oxygen atoms in total. The van der Waals surface area contributed by atoms with Crippen molar-refractivity contribution in [3.8, 4) is 0 Å². The van der Waals surface area contributed by atoms with Crippen LogP contribution >= 0.6 is 11.3 Å². The Bertz CT molecular complexity index is 511. The smallest absolute Gasteiger partial charge is 0.250 e. The van der Waals surface area contributed by atoms with Gasteiger partial charge in [0.2, 0.25) is 15.9 Å². The normalized spacial score (nSPS) is 11.5. The first-order valence-electron chi connectivity index (χ1n) is 5.98. The van der Waals surface area contributed by atoms with Gasteiger partial charge in [-0.3, -0.25) is 4.79 Å². The molecule has 0 atom stereocenters. The number of carbonyl (C=O) groups is 1. The lowest BCUT2D eigenvalue weighted by molar-refractivity contribution is -0.118. The molecule has 0 saturated heterocycles. The van der Waals surface area contributed by atoms with Gasteiger partial charge in [0, 0.05) is 24.9 Å². The van der Waals surface area contributed by atoms with Crippen LogP contribution in [0.15, 0.2) is 16.3 Å². The van der Waals surface area contributed by atoms with E-state index in [-0.39, 0.29) is 5.91 Å². The molecule has 4 N–H and O–H groups in total. The van der Waals surface area contributed by atoms with Gasteiger partial charge in [-0.1, -0.05) is 0 Å². The average molecular weight is 305 g/mol. The molecule has 0 unspecified atom stereocenters.